The van der Waals surface area contributed by atoms with Gasteiger partial charge in [-0.25, -0.2) is 0 Å². The van der Waals surface area contributed by atoms with Crippen LogP contribution in [0.5, 0.6) is 0 Å². The topological polar surface area (TPSA) is 32.3 Å². The number of hydrogen-bond acceptors (Lipinski definition) is 4. The van der Waals surface area contributed by atoms with E-state index in [2.05, 4.69) is 62.2 Å². The molecule has 0 aromatic heterocycles. The smallest absolute Gasteiger partial charge is 0.263 e. The Morgan fingerprint density at radius 3 is 2.74 bits per heavy atom. The van der Waals surface area contributed by atoms with E-state index >= 15 is 0 Å². The minimum absolute atomic E-state index is 0.0131. The molecular formula is C18H20N2OS2. The van der Waals surface area contributed by atoms with Crippen molar-refractivity contribution in [1.82, 2.24) is 5.32 Å². The third-order valence-corrected chi connectivity index (χ3v) is 5.42. The number of anilines is 1. The Morgan fingerprint density at radius 2 is 2.13 bits per heavy atom. The molecule has 5 heteroatoms. The van der Waals surface area contributed by atoms with Gasteiger partial charge in [-0.2, -0.15) is 0 Å². The van der Waals surface area contributed by atoms with Crippen LogP contribution in [0, 0.1) is 0 Å². The molecule has 0 aliphatic carbocycles. The summed E-state index contributed by atoms with van der Waals surface area (Å²) >= 11 is 6.35. The van der Waals surface area contributed by atoms with E-state index < -0.39 is 0 Å². The van der Waals surface area contributed by atoms with Crippen LogP contribution in [0.25, 0.3) is 11.6 Å². The zero-order chi connectivity index (χ0) is 16.8. The summed E-state index contributed by atoms with van der Waals surface area (Å²) in [5, 5.41) is 2.65. The van der Waals surface area contributed by atoms with Crippen LogP contribution in [0.1, 0.15) is 38.8 Å². The van der Waals surface area contributed by atoms with Gasteiger partial charge in [-0.3, -0.25) is 4.79 Å². The Morgan fingerprint density at radius 1 is 1.39 bits per heavy atom. The molecule has 1 aromatic rings. The molecule has 2 aliphatic heterocycles. The number of thioether (sulfide) groups is 1. The van der Waals surface area contributed by atoms with Crippen LogP contribution < -0.4 is 10.2 Å². The van der Waals surface area contributed by atoms with Crippen molar-refractivity contribution in [2.45, 2.75) is 33.2 Å². The van der Waals surface area contributed by atoms with Crippen molar-refractivity contribution in [2.75, 3.05) is 11.4 Å². The highest BCUT2D eigenvalue weighted by Gasteiger charge is 2.30. The van der Waals surface area contributed by atoms with Crippen LogP contribution in [0.3, 0.4) is 0 Å². The van der Waals surface area contributed by atoms with Crippen molar-refractivity contribution >= 4 is 51.5 Å². The van der Waals surface area contributed by atoms with E-state index in [1.54, 1.807) is 0 Å². The van der Waals surface area contributed by atoms with Gasteiger partial charge in [-0.1, -0.05) is 36.1 Å². The van der Waals surface area contributed by atoms with Gasteiger partial charge in [-0.05, 0) is 57.0 Å². The number of nitrogens with zero attached hydrogens (tertiary/aromatic N) is 1. The van der Waals surface area contributed by atoms with Crippen molar-refractivity contribution < 1.29 is 4.79 Å². The third kappa shape index (κ3) is 2.95. The quantitative estimate of drug-likeness (QED) is 0.644. The van der Waals surface area contributed by atoms with Crippen molar-refractivity contribution in [3.63, 3.8) is 0 Å². The Balaban J connectivity index is 2.03. The zero-order valence-electron chi connectivity index (χ0n) is 13.8. The molecule has 1 aromatic carbocycles. The van der Waals surface area contributed by atoms with E-state index in [1.807, 2.05) is 6.08 Å². The Labute approximate surface area is 146 Å². The van der Waals surface area contributed by atoms with E-state index in [0.717, 1.165) is 12.1 Å². The summed E-state index contributed by atoms with van der Waals surface area (Å²) in [6, 6.07) is 6.37. The number of rotatable bonds is 2. The number of allylic oxidation sites excluding steroid dienone is 1. The molecule has 0 saturated carbocycles. The summed E-state index contributed by atoms with van der Waals surface area (Å²) in [6.45, 7) is 9.75. The molecule has 0 spiro atoms. The lowest BCUT2D eigenvalue weighted by molar-refractivity contribution is -0.115. The van der Waals surface area contributed by atoms with Gasteiger partial charge in [0.2, 0.25) is 0 Å². The molecule has 0 unspecified atom stereocenters. The summed E-state index contributed by atoms with van der Waals surface area (Å²) in [5.74, 6) is -0.110. The fourth-order valence-corrected chi connectivity index (χ4v) is 4.39. The highest BCUT2D eigenvalue weighted by atomic mass is 32.2. The second-order valence-electron chi connectivity index (χ2n) is 6.35. The molecule has 23 heavy (non-hydrogen) atoms. The average Bonchev–Trinajstić information content (AvgIpc) is 2.77. The molecule has 1 N–H and O–H groups in total. The monoisotopic (exact) mass is 344 g/mol. The number of likely N-dealkylation sites (N-methyl/N-ethyl adjacent to an activating group) is 1. The molecule has 3 rings (SSSR count). The number of carbonyl (C=O) groups excluding carboxylic acids is 1. The van der Waals surface area contributed by atoms with Crippen molar-refractivity contribution in [3.05, 3.63) is 40.3 Å². The number of benzene rings is 1. The molecule has 0 atom stereocenters. The number of thiocarbonyl (C=S) groups is 1. The molecule has 2 aliphatic rings. The van der Waals surface area contributed by atoms with E-state index in [1.165, 1.54) is 28.6 Å². The predicted molar refractivity (Wildman–Crippen MR) is 104 cm³/mol. The number of nitrogens with one attached hydrogen (secondary N) is 1. The highest BCUT2D eigenvalue weighted by Crippen LogP contribution is 2.39. The maximum Gasteiger partial charge on any atom is 0.263 e. The van der Waals surface area contributed by atoms with E-state index in [9.17, 15) is 4.79 Å². The normalized spacial score (nSPS) is 21.3. The first-order valence-electron chi connectivity index (χ1n) is 7.68. The molecule has 1 amide bonds. The maximum atomic E-state index is 11.8. The van der Waals surface area contributed by atoms with Gasteiger partial charge in [0.25, 0.3) is 5.91 Å². The van der Waals surface area contributed by atoms with Crippen molar-refractivity contribution in [2.24, 2.45) is 0 Å². The van der Waals surface area contributed by atoms with Crippen LogP contribution in [-0.2, 0) is 4.79 Å². The minimum Gasteiger partial charge on any atom is -0.363 e. The van der Waals surface area contributed by atoms with Gasteiger partial charge >= 0.3 is 0 Å². The van der Waals surface area contributed by atoms with Gasteiger partial charge in [0, 0.05) is 17.8 Å². The molecule has 3 nitrogen and oxygen atoms in total. The Bertz CT molecular complexity index is 762. The van der Waals surface area contributed by atoms with Crippen LogP contribution in [-0.4, -0.2) is 22.3 Å². The van der Waals surface area contributed by atoms with Crippen LogP contribution in [0.2, 0.25) is 0 Å². The zero-order valence-corrected chi connectivity index (χ0v) is 15.4. The first-order chi connectivity index (χ1) is 10.8. The van der Waals surface area contributed by atoms with Crippen molar-refractivity contribution in [1.29, 1.82) is 0 Å². The fourth-order valence-electron chi connectivity index (χ4n) is 3.34. The van der Waals surface area contributed by atoms with Crippen molar-refractivity contribution in [3.8, 4) is 0 Å². The standard InChI is InChI=1S/C18H20N2OS2/c1-5-20-14-7-6-12(9-15-16(21)19-17(22)23-15)8-13(14)11(2)10-18(20,3)4/h6-10H,5H2,1-4H3,(H,19,21,22). The molecule has 0 radical (unpaired) electrons. The second kappa shape index (κ2) is 5.80. The highest BCUT2D eigenvalue weighted by molar-refractivity contribution is 8.26. The maximum absolute atomic E-state index is 11.8. The Hall–Kier alpha value is -1.59. The first-order valence-corrected chi connectivity index (χ1v) is 8.90. The van der Waals surface area contributed by atoms with E-state index in [0.29, 0.717) is 9.23 Å². The largest absolute Gasteiger partial charge is 0.363 e. The summed E-state index contributed by atoms with van der Waals surface area (Å²) < 4.78 is 0.522. The molecule has 2 heterocycles. The molecular weight excluding hydrogens is 324 g/mol. The Kier molecular flexibility index (Phi) is 4.10. The third-order valence-electron chi connectivity index (χ3n) is 4.26. The van der Waals surface area contributed by atoms with Gasteiger partial charge in [0.15, 0.2) is 0 Å². The summed E-state index contributed by atoms with van der Waals surface area (Å²) in [6.07, 6.45) is 4.21. The van der Waals surface area contributed by atoms with Gasteiger partial charge in [-0.15, -0.1) is 0 Å². The fraction of sp³-hybridized carbons (Fsp3) is 0.333. The molecule has 0 bridgehead atoms. The second-order valence-corrected chi connectivity index (χ2v) is 8.07. The van der Waals surface area contributed by atoms with E-state index in [4.69, 9.17) is 12.2 Å². The van der Waals surface area contributed by atoms with Crippen LogP contribution in [0.15, 0.2) is 29.2 Å². The van der Waals surface area contributed by atoms with Crippen LogP contribution in [0.4, 0.5) is 5.69 Å². The average molecular weight is 345 g/mol. The first kappa shape index (κ1) is 16.3. The van der Waals surface area contributed by atoms with Gasteiger partial charge in [0.1, 0.15) is 4.32 Å². The minimum atomic E-state index is -0.110. The summed E-state index contributed by atoms with van der Waals surface area (Å²) in [4.78, 5) is 14.9. The number of hydrogen-bond donors (Lipinski definition) is 1. The van der Waals surface area contributed by atoms with Crippen LogP contribution >= 0.6 is 24.0 Å². The molecule has 120 valence electrons. The summed E-state index contributed by atoms with van der Waals surface area (Å²) in [7, 11) is 0. The van der Waals surface area contributed by atoms with E-state index in [-0.39, 0.29) is 11.4 Å². The molecule has 1 fully saturated rings. The number of amides is 1. The SMILES string of the molecule is CCN1c2ccc(C=C3SC(=S)NC3=O)cc2C(C)=CC1(C)C. The van der Waals surface area contributed by atoms with Gasteiger partial charge < -0.3 is 10.2 Å². The lowest BCUT2D eigenvalue weighted by Gasteiger charge is -2.42. The predicted octanol–water partition coefficient (Wildman–Crippen LogP) is 4.20. The number of carbonyl (C=O) groups is 1. The number of fused-ring (bicyclic) bond motifs is 1. The lowest BCUT2D eigenvalue weighted by atomic mass is 9.88. The van der Waals surface area contributed by atoms with Gasteiger partial charge in [0.05, 0.1) is 10.4 Å². The summed E-state index contributed by atoms with van der Waals surface area (Å²) in [5.41, 5.74) is 4.79. The molecule has 1 saturated heterocycles. The lowest BCUT2D eigenvalue weighted by Crippen LogP contribution is -2.44.